The van der Waals surface area contributed by atoms with E-state index in [1.165, 1.54) is 7.11 Å². The molecule has 1 N–H and O–H groups in total. The summed E-state index contributed by atoms with van der Waals surface area (Å²) in [7, 11) is 1.49. The van der Waals surface area contributed by atoms with E-state index in [4.69, 9.17) is 9.84 Å². The lowest BCUT2D eigenvalue weighted by Gasteiger charge is -1.97. The molecule has 0 saturated heterocycles. The molecule has 1 aromatic carbocycles. The third-order valence-corrected chi connectivity index (χ3v) is 1.89. The van der Waals surface area contributed by atoms with E-state index in [-0.39, 0.29) is 5.76 Å². The van der Waals surface area contributed by atoms with Crippen LogP contribution in [-0.4, -0.2) is 23.3 Å². The van der Waals surface area contributed by atoms with Crippen LogP contribution in [-0.2, 0) is 0 Å². The van der Waals surface area contributed by atoms with E-state index in [1.807, 2.05) is 0 Å². The summed E-state index contributed by atoms with van der Waals surface area (Å²) in [6.07, 6.45) is 0. The summed E-state index contributed by atoms with van der Waals surface area (Å²) < 4.78 is 9.69. The number of benzene rings is 1. The van der Waals surface area contributed by atoms with Gasteiger partial charge in [0.1, 0.15) is 5.75 Å². The van der Waals surface area contributed by atoms with Crippen LogP contribution in [0.4, 0.5) is 0 Å². The number of methoxy groups -OCH3 is 1. The van der Waals surface area contributed by atoms with Gasteiger partial charge in [0.15, 0.2) is 5.52 Å². The predicted molar refractivity (Wildman–Crippen MR) is 47.5 cm³/mol. The van der Waals surface area contributed by atoms with E-state index in [2.05, 4.69) is 9.68 Å². The Bertz CT molecular complexity index is 489. The minimum Gasteiger partial charge on any atom is -0.494 e. The maximum absolute atomic E-state index is 10.7. The molecule has 5 heteroatoms. The monoisotopic (exact) mass is 193 g/mol. The molecule has 0 unspecified atom stereocenters. The number of carbonyl (C=O) groups is 1. The molecule has 0 aliphatic carbocycles. The van der Waals surface area contributed by atoms with Crippen LogP contribution in [0.15, 0.2) is 22.7 Å². The second kappa shape index (κ2) is 3.02. The average Bonchev–Trinajstić information content (AvgIpc) is 2.60. The van der Waals surface area contributed by atoms with E-state index >= 15 is 0 Å². The number of fused-ring (bicyclic) bond motifs is 1. The molecule has 0 spiro atoms. The lowest BCUT2D eigenvalue weighted by molar-refractivity contribution is 0.0655. The molecule has 0 saturated carbocycles. The zero-order chi connectivity index (χ0) is 10.1. The Morgan fingerprint density at radius 3 is 3.00 bits per heavy atom. The largest absolute Gasteiger partial charge is 0.494 e. The molecule has 0 bridgehead atoms. The minimum absolute atomic E-state index is 0.168. The molecule has 1 heterocycles. The summed E-state index contributed by atoms with van der Waals surface area (Å²) in [4.78, 5) is 10.7. The summed E-state index contributed by atoms with van der Waals surface area (Å²) >= 11 is 0. The molecule has 2 rings (SSSR count). The fourth-order valence-electron chi connectivity index (χ4n) is 1.26. The second-order valence-corrected chi connectivity index (χ2v) is 2.67. The Morgan fingerprint density at radius 2 is 2.36 bits per heavy atom. The van der Waals surface area contributed by atoms with Gasteiger partial charge < -0.3 is 14.4 Å². The van der Waals surface area contributed by atoms with Gasteiger partial charge in [0.25, 0.3) is 5.76 Å². The van der Waals surface area contributed by atoms with Gasteiger partial charge >= 0.3 is 5.97 Å². The lowest BCUT2D eigenvalue weighted by atomic mass is 10.2. The van der Waals surface area contributed by atoms with Crippen molar-refractivity contribution in [1.82, 2.24) is 5.16 Å². The van der Waals surface area contributed by atoms with Gasteiger partial charge in [-0.05, 0) is 12.1 Å². The van der Waals surface area contributed by atoms with Crippen molar-refractivity contribution in [3.05, 3.63) is 24.0 Å². The Morgan fingerprint density at radius 1 is 1.57 bits per heavy atom. The van der Waals surface area contributed by atoms with Crippen molar-refractivity contribution in [2.45, 2.75) is 0 Å². The average molecular weight is 193 g/mol. The Balaban J connectivity index is 2.75. The highest BCUT2D eigenvalue weighted by molar-refractivity contribution is 6.01. The van der Waals surface area contributed by atoms with Crippen LogP contribution in [0.3, 0.4) is 0 Å². The smallest absolute Gasteiger partial charge is 0.375 e. The van der Waals surface area contributed by atoms with Gasteiger partial charge in [-0.15, -0.1) is 0 Å². The third kappa shape index (κ3) is 1.10. The molecule has 2 aromatic rings. The SMILES string of the molecule is COc1cccc2c(C(=O)O)onc12. The quantitative estimate of drug-likeness (QED) is 0.782. The molecule has 0 fully saturated rings. The zero-order valence-corrected chi connectivity index (χ0v) is 7.35. The summed E-state index contributed by atoms with van der Waals surface area (Å²) in [5.74, 6) is -0.807. The maximum atomic E-state index is 10.7. The van der Waals surface area contributed by atoms with Gasteiger partial charge in [0.2, 0.25) is 0 Å². The van der Waals surface area contributed by atoms with Gasteiger partial charge in [0.05, 0.1) is 12.5 Å². The third-order valence-electron chi connectivity index (χ3n) is 1.89. The second-order valence-electron chi connectivity index (χ2n) is 2.67. The molecule has 1 aromatic heterocycles. The number of hydrogen-bond acceptors (Lipinski definition) is 4. The summed E-state index contributed by atoms with van der Waals surface area (Å²) in [5, 5.41) is 12.8. The van der Waals surface area contributed by atoms with Crippen LogP contribution in [0, 0.1) is 0 Å². The van der Waals surface area contributed by atoms with Gasteiger partial charge in [-0.1, -0.05) is 11.2 Å². The van der Waals surface area contributed by atoms with Crippen molar-refractivity contribution in [2.75, 3.05) is 7.11 Å². The first-order valence-electron chi connectivity index (χ1n) is 3.89. The van der Waals surface area contributed by atoms with Crippen LogP contribution in [0.1, 0.15) is 10.6 Å². The Hall–Kier alpha value is -2.04. The van der Waals surface area contributed by atoms with E-state index in [0.717, 1.165) is 0 Å². The Kier molecular flexibility index (Phi) is 1.85. The molecule has 0 aliphatic heterocycles. The van der Waals surface area contributed by atoms with Crippen LogP contribution >= 0.6 is 0 Å². The number of carboxylic acids is 1. The number of rotatable bonds is 2. The molecule has 0 aliphatic rings. The number of carboxylic acid groups (broad SMARTS) is 1. The highest BCUT2D eigenvalue weighted by Crippen LogP contribution is 2.26. The van der Waals surface area contributed by atoms with E-state index in [1.54, 1.807) is 18.2 Å². The first-order chi connectivity index (χ1) is 6.74. The molecular weight excluding hydrogens is 186 g/mol. The molecule has 72 valence electrons. The first-order valence-corrected chi connectivity index (χ1v) is 3.89. The minimum atomic E-state index is -1.14. The van der Waals surface area contributed by atoms with E-state index < -0.39 is 5.97 Å². The van der Waals surface area contributed by atoms with Gasteiger partial charge in [0, 0.05) is 0 Å². The Labute approximate surface area is 78.9 Å². The summed E-state index contributed by atoms with van der Waals surface area (Å²) in [6, 6.07) is 5.00. The molecule has 0 radical (unpaired) electrons. The lowest BCUT2D eigenvalue weighted by Crippen LogP contribution is -1.93. The fourth-order valence-corrected chi connectivity index (χ4v) is 1.26. The topological polar surface area (TPSA) is 72.6 Å². The normalized spacial score (nSPS) is 10.4. The highest BCUT2D eigenvalue weighted by atomic mass is 16.5. The van der Waals surface area contributed by atoms with Crippen molar-refractivity contribution >= 4 is 16.9 Å². The standard InChI is InChI=1S/C9H7NO4/c1-13-6-4-2-3-5-7(6)10-14-8(5)9(11)12/h2-4H,1H3,(H,11,12). The van der Waals surface area contributed by atoms with Crippen molar-refractivity contribution in [3.63, 3.8) is 0 Å². The molecule has 0 amide bonds. The number of aromatic nitrogens is 1. The van der Waals surface area contributed by atoms with E-state index in [9.17, 15) is 4.79 Å². The van der Waals surface area contributed by atoms with Crippen LogP contribution in [0.5, 0.6) is 5.75 Å². The van der Waals surface area contributed by atoms with Crippen LogP contribution in [0.2, 0.25) is 0 Å². The van der Waals surface area contributed by atoms with Crippen molar-refractivity contribution < 1.29 is 19.2 Å². The summed E-state index contributed by atoms with van der Waals surface area (Å²) in [6.45, 7) is 0. The zero-order valence-electron chi connectivity index (χ0n) is 7.35. The molecule has 14 heavy (non-hydrogen) atoms. The number of nitrogens with zero attached hydrogens (tertiary/aromatic N) is 1. The van der Waals surface area contributed by atoms with Crippen molar-refractivity contribution in [1.29, 1.82) is 0 Å². The number of hydrogen-bond donors (Lipinski definition) is 1. The van der Waals surface area contributed by atoms with Crippen molar-refractivity contribution in [3.8, 4) is 5.75 Å². The predicted octanol–water partition coefficient (Wildman–Crippen LogP) is 1.53. The highest BCUT2D eigenvalue weighted by Gasteiger charge is 2.17. The molecule has 5 nitrogen and oxygen atoms in total. The van der Waals surface area contributed by atoms with Gasteiger partial charge in [-0.25, -0.2) is 4.79 Å². The van der Waals surface area contributed by atoms with Crippen molar-refractivity contribution in [2.24, 2.45) is 0 Å². The maximum Gasteiger partial charge on any atom is 0.375 e. The molecule has 0 atom stereocenters. The summed E-state index contributed by atoms with van der Waals surface area (Å²) in [5.41, 5.74) is 0.424. The number of aromatic carboxylic acids is 1. The van der Waals surface area contributed by atoms with E-state index in [0.29, 0.717) is 16.7 Å². The number of ether oxygens (including phenoxy) is 1. The van der Waals surface area contributed by atoms with Gasteiger partial charge in [-0.2, -0.15) is 0 Å². The fraction of sp³-hybridized carbons (Fsp3) is 0.111. The van der Waals surface area contributed by atoms with Gasteiger partial charge in [-0.3, -0.25) is 0 Å². The van der Waals surface area contributed by atoms with Crippen LogP contribution in [0.25, 0.3) is 10.9 Å². The first kappa shape index (κ1) is 8.55. The molecular formula is C9H7NO4. The van der Waals surface area contributed by atoms with Crippen LogP contribution < -0.4 is 4.74 Å².